The number of nitrogens with one attached hydrogen (secondary N) is 1. The van der Waals surface area contributed by atoms with E-state index in [4.69, 9.17) is 4.74 Å². The summed E-state index contributed by atoms with van der Waals surface area (Å²) in [5, 5.41) is 6.45. The molecule has 1 aromatic rings. The molecule has 4 rings (SSSR count). The molecule has 0 aromatic heterocycles. The van der Waals surface area contributed by atoms with Gasteiger partial charge in [-0.25, -0.2) is 0 Å². The van der Waals surface area contributed by atoms with Gasteiger partial charge in [-0.2, -0.15) is 0 Å². The number of piperidine rings is 1. The molecule has 0 radical (unpaired) electrons. The van der Waals surface area contributed by atoms with E-state index in [0.717, 1.165) is 58.3 Å². The summed E-state index contributed by atoms with van der Waals surface area (Å²) in [6.07, 6.45) is 16.5. The Morgan fingerprint density at radius 1 is 1.30 bits per heavy atom. The maximum Gasteiger partial charge on any atom is 0.310 e. The van der Waals surface area contributed by atoms with Gasteiger partial charge in [0.05, 0.1) is 18.6 Å². The fraction of sp³-hybridized carbons (Fsp3) is 0.500. The average molecular weight is 407 g/mol. The molecule has 1 aliphatic carbocycles. The Kier molecular flexibility index (Phi) is 7.19. The van der Waals surface area contributed by atoms with Crippen LogP contribution in [-0.2, 0) is 16.0 Å². The van der Waals surface area contributed by atoms with Gasteiger partial charge in [-0.1, -0.05) is 48.6 Å². The van der Waals surface area contributed by atoms with Crippen LogP contribution in [0.3, 0.4) is 0 Å². The SMILES string of the molecule is CCOC(=O)C1CCCN(CCCc2cccc3c2=C2C=CC=C[C@H]2NCCC=3)C1. The topological polar surface area (TPSA) is 41.6 Å². The first-order valence-corrected chi connectivity index (χ1v) is 11.6. The third-order valence-electron chi connectivity index (χ3n) is 6.42. The van der Waals surface area contributed by atoms with Crippen LogP contribution in [0.1, 0.15) is 38.2 Å². The summed E-state index contributed by atoms with van der Waals surface area (Å²) in [5.41, 5.74) is 2.82. The molecule has 2 heterocycles. The van der Waals surface area contributed by atoms with Gasteiger partial charge in [-0.3, -0.25) is 4.79 Å². The zero-order valence-corrected chi connectivity index (χ0v) is 18.1. The minimum atomic E-state index is -0.0192. The molecular weight excluding hydrogens is 372 g/mol. The van der Waals surface area contributed by atoms with Gasteiger partial charge in [0.15, 0.2) is 0 Å². The van der Waals surface area contributed by atoms with Gasteiger partial charge >= 0.3 is 5.97 Å². The molecule has 4 nitrogen and oxygen atoms in total. The van der Waals surface area contributed by atoms with E-state index in [1.165, 1.54) is 21.6 Å². The lowest BCUT2D eigenvalue weighted by Gasteiger charge is -2.31. The van der Waals surface area contributed by atoms with E-state index in [0.29, 0.717) is 12.6 Å². The number of likely N-dealkylation sites (tertiary alicyclic amines) is 1. The summed E-state index contributed by atoms with van der Waals surface area (Å²) in [6.45, 7) is 6.34. The smallest absolute Gasteiger partial charge is 0.310 e. The Hall–Kier alpha value is -2.17. The number of allylic oxidation sites excluding steroid dienone is 2. The molecule has 0 spiro atoms. The number of nitrogens with zero attached hydrogens (tertiary/aromatic N) is 1. The highest BCUT2D eigenvalue weighted by Gasteiger charge is 2.26. The minimum Gasteiger partial charge on any atom is -0.466 e. The molecule has 30 heavy (non-hydrogen) atoms. The van der Waals surface area contributed by atoms with Gasteiger partial charge in [-0.05, 0) is 80.2 Å². The van der Waals surface area contributed by atoms with Gasteiger partial charge in [0, 0.05) is 6.54 Å². The molecule has 160 valence electrons. The number of carbonyl (C=O) groups excluding carboxylic acids is 1. The third kappa shape index (κ3) is 4.93. The van der Waals surface area contributed by atoms with Gasteiger partial charge < -0.3 is 15.0 Å². The van der Waals surface area contributed by atoms with E-state index in [2.05, 4.69) is 58.8 Å². The first-order valence-electron chi connectivity index (χ1n) is 11.6. The molecule has 1 unspecified atom stereocenters. The van der Waals surface area contributed by atoms with Crippen LogP contribution in [0.5, 0.6) is 0 Å². The molecule has 3 aliphatic rings. The van der Waals surface area contributed by atoms with Crippen molar-refractivity contribution in [3.05, 3.63) is 58.5 Å². The quantitative estimate of drug-likeness (QED) is 0.737. The Bertz CT molecular complexity index is 931. The molecule has 2 aliphatic heterocycles. The molecular formula is C26H34N2O2. The lowest BCUT2D eigenvalue weighted by atomic mass is 9.92. The number of aryl methyl sites for hydroxylation is 1. The number of fused-ring (bicyclic) bond motifs is 2. The number of benzene rings is 1. The third-order valence-corrected chi connectivity index (χ3v) is 6.42. The van der Waals surface area contributed by atoms with E-state index < -0.39 is 0 Å². The Morgan fingerprint density at radius 3 is 3.13 bits per heavy atom. The molecule has 1 N–H and O–H groups in total. The maximum atomic E-state index is 12.1. The van der Waals surface area contributed by atoms with E-state index in [1.807, 2.05) is 6.92 Å². The molecule has 2 atom stereocenters. The lowest BCUT2D eigenvalue weighted by Crippen LogP contribution is -2.41. The summed E-state index contributed by atoms with van der Waals surface area (Å²) in [4.78, 5) is 14.6. The van der Waals surface area contributed by atoms with Crippen molar-refractivity contribution in [1.29, 1.82) is 0 Å². The highest BCUT2D eigenvalue weighted by atomic mass is 16.5. The van der Waals surface area contributed by atoms with Crippen molar-refractivity contribution in [3.8, 4) is 0 Å². The van der Waals surface area contributed by atoms with Crippen molar-refractivity contribution in [3.63, 3.8) is 0 Å². The number of hydrogen-bond donors (Lipinski definition) is 1. The molecule has 4 heteroatoms. The summed E-state index contributed by atoms with van der Waals surface area (Å²) in [7, 11) is 0. The standard InChI is InChI=1S/C26H34N2O2/c1-2-30-26(29)22-13-8-18-28(19-22)17-7-12-21-10-5-9-20-11-6-16-27-24-15-4-3-14-23(24)25(20)21/h3-5,9-11,14-15,22,24,27H,2,6-8,12-13,16-19H2,1H3/t22?,24-/m1/s1. The number of hydrogen-bond acceptors (Lipinski definition) is 4. The van der Waals surface area contributed by atoms with Crippen LogP contribution in [-0.4, -0.2) is 49.7 Å². The molecule has 1 saturated heterocycles. The Labute approximate surface area is 180 Å². The highest BCUT2D eigenvalue weighted by molar-refractivity contribution is 5.72. The Balaban J connectivity index is 1.48. The molecule has 1 fully saturated rings. The summed E-state index contributed by atoms with van der Waals surface area (Å²) < 4.78 is 5.25. The Morgan fingerprint density at radius 2 is 2.23 bits per heavy atom. The van der Waals surface area contributed by atoms with Crippen LogP contribution in [0.2, 0.25) is 0 Å². The fourth-order valence-electron chi connectivity index (χ4n) is 4.98. The van der Waals surface area contributed by atoms with Crippen LogP contribution in [0.25, 0.3) is 11.6 Å². The van der Waals surface area contributed by atoms with E-state index in [-0.39, 0.29) is 11.9 Å². The highest BCUT2D eigenvalue weighted by Crippen LogP contribution is 2.18. The first kappa shape index (κ1) is 21.1. The van der Waals surface area contributed by atoms with Crippen LogP contribution in [0.4, 0.5) is 0 Å². The van der Waals surface area contributed by atoms with E-state index in [9.17, 15) is 4.79 Å². The lowest BCUT2D eigenvalue weighted by molar-refractivity contribution is -0.149. The maximum absolute atomic E-state index is 12.1. The molecule has 0 amide bonds. The zero-order chi connectivity index (χ0) is 20.8. The van der Waals surface area contributed by atoms with Crippen molar-refractivity contribution in [2.45, 2.75) is 45.1 Å². The van der Waals surface area contributed by atoms with Gasteiger partial charge in [0.25, 0.3) is 0 Å². The van der Waals surface area contributed by atoms with Crippen molar-refractivity contribution >= 4 is 17.6 Å². The van der Waals surface area contributed by atoms with Crippen molar-refractivity contribution in [1.82, 2.24) is 10.2 Å². The van der Waals surface area contributed by atoms with Crippen LogP contribution < -0.4 is 15.8 Å². The number of ether oxygens (including phenoxy) is 1. The second kappa shape index (κ2) is 10.2. The minimum absolute atomic E-state index is 0.0192. The second-order valence-corrected chi connectivity index (χ2v) is 8.50. The number of rotatable bonds is 6. The van der Waals surface area contributed by atoms with Crippen molar-refractivity contribution in [2.75, 3.05) is 32.8 Å². The van der Waals surface area contributed by atoms with Crippen molar-refractivity contribution < 1.29 is 9.53 Å². The molecule has 0 bridgehead atoms. The fourth-order valence-corrected chi connectivity index (χ4v) is 4.98. The second-order valence-electron chi connectivity index (χ2n) is 8.50. The summed E-state index contributed by atoms with van der Waals surface area (Å²) >= 11 is 0. The van der Waals surface area contributed by atoms with Crippen LogP contribution >= 0.6 is 0 Å². The largest absolute Gasteiger partial charge is 0.466 e. The van der Waals surface area contributed by atoms with Gasteiger partial charge in [0.2, 0.25) is 0 Å². The monoisotopic (exact) mass is 406 g/mol. The predicted molar refractivity (Wildman–Crippen MR) is 122 cm³/mol. The number of esters is 1. The first-order chi connectivity index (χ1) is 14.8. The van der Waals surface area contributed by atoms with Gasteiger partial charge in [-0.15, -0.1) is 0 Å². The van der Waals surface area contributed by atoms with Crippen LogP contribution in [0, 0.1) is 5.92 Å². The summed E-state index contributed by atoms with van der Waals surface area (Å²) in [5.74, 6) is 0.0286. The average Bonchev–Trinajstić information content (AvgIpc) is 2.76. The van der Waals surface area contributed by atoms with Gasteiger partial charge in [0.1, 0.15) is 0 Å². The van der Waals surface area contributed by atoms with Crippen LogP contribution in [0.15, 0.2) is 42.5 Å². The number of carbonyl (C=O) groups is 1. The zero-order valence-electron chi connectivity index (χ0n) is 18.1. The summed E-state index contributed by atoms with van der Waals surface area (Å²) in [6, 6.07) is 7.06. The molecule has 0 saturated carbocycles. The predicted octanol–water partition coefficient (Wildman–Crippen LogP) is 2.31. The van der Waals surface area contributed by atoms with Crippen molar-refractivity contribution in [2.24, 2.45) is 5.92 Å². The van der Waals surface area contributed by atoms with E-state index >= 15 is 0 Å². The normalized spacial score (nSPS) is 23.7. The molecule has 1 aromatic carbocycles. The van der Waals surface area contributed by atoms with E-state index in [1.54, 1.807) is 0 Å².